The van der Waals surface area contributed by atoms with Crippen molar-refractivity contribution in [3.8, 4) is 22.3 Å². The van der Waals surface area contributed by atoms with Crippen LogP contribution in [0.4, 0.5) is 0 Å². The molecule has 0 aliphatic rings. The molecule has 0 amide bonds. The monoisotopic (exact) mass is 426 g/mol. The van der Waals surface area contributed by atoms with Crippen LogP contribution in [0.1, 0.15) is 56.9 Å². The molecule has 0 saturated carbocycles. The highest BCUT2D eigenvalue weighted by Crippen LogP contribution is 2.30. The van der Waals surface area contributed by atoms with E-state index in [9.17, 15) is 0 Å². The lowest BCUT2D eigenvalue weighted by Crippen LogP contribution is -2.02. The zero-order chi connectivity index (χ0) is 22.3. The van der Waals surface area contributed by atoms with Crippen molar-refractivity contribution in [3.05, 3.63) is 97.1 Å². The van der Waals surface area contributed by atoms with Gasteiger partial charge in [-0.2, -0.15) is 0 Å². The van der Waals surface area contributed by atoms with Gasteiger partial charge in [0.25, 0.3) is 0 Å². The highest BCUT2D eigenvalue weighted by molar-refractivity contribution is 5.75. The van der Waals surface area contributed by atoms with E-state index in [2.05, 4.69) is 85.4 Å². The normalized spacial score (nSPS) is 10.9. The van der Waals surface area contributed by atoms with Gasteiger partial charge in [0.05, 0.1) is 6.61 Å². The van der Waals surface area contributed by atoms with E-state index >= 15 is 0 Å². The Morgan fingerprint density at radius 3 is 1.91 bits per heavy atom. The molecule has 1 heteroatoms. The van der Waals surface area contributed by atoms with E-state index in [4.69, 9.17) is 4.74 Å². The molecular weight excluding hydrogens is 388 g/mol. The van der Waals surface area contributed by atoms with Gasteiger partial charge in [-0.15, -0.1) is 6.58 Å². The summed E-state index contributed by atoms with van der Waals surface area (Å²) in [5, 5.41) is 0. The number of unbranched alkanes of at least 4 members (excludes halogenated alkanes) is 7. The Bertz CT molecular complexity index is 898. The number of ether oxygens (including phenoxy) is 1. The summed E-state index contributed by atoms with van der Waals surface area (Å²) in [4.78, 5) is 0. The maximum atomic E-state index is 5.99. The fraction of sp³-hybridized carbons (Fsp3) is 0.355. The molecule has 0 unspecified atom stereocenters. The maximum absolute atomic E-state index is 5.99. The highest BCUT2D eigenvalue weighted by atomic mass is 16.5. The van der Waals surface area contributed by atoms with Gasteiger partial charge in [-0.3, -0.25) is 0 Å². The number of allylic oxidation sites excluding steroid dienone is 1. The number of hydrogen-bond acceptors (Lipinski definition) is 1. The molecule has 0 radical (unpaired) electrons. The molecule has 0 spiro atoms. The third-order valence-electron chi connectivity index (χ3n) is 6.01. The van der Waals surface area contributed by atoms with Crippen molar-refractivity contribution in [2.24, 2.45) is 0 Å². The molecule has 3 aromatic rings. The van der Waals surface area contributed by atoms with E-state index in [1.807, 2.05) is 6.08 Å². The molecule has 0 bridgehead atoms. The van der Waals surface area contributed by atoms with Crippen molar-refractivity contribution < 1.29 is 4.74 Å². The van der Waals surface area contributed by atoms with Crippen molar-refractivity contribution in [2.45, 2.75) is 57.8 Å². The van der Waals surface area contributed by atoms with E-state index in [1.54, 1.807) is 0 Å². The van der Waals surface area contributed by atoms with E-state index in [0.29, 0.717) is 0 Å². The first-order chi connectivity index (χ1) is 15.9. The number of hydrogen-bond donors (Lipinski definition) is 0. The zero-order valence-corrected chi connectivity index (χ0v) is 19.5. The van der Waals surface area contributed by atoms with Gasteiger partial charge in [-0.25, -0.2) is 0 Å². The summed E-state index contributed by atoms with van der Waals surface area (Å²) in [5.41, 5.74) is 6.46. The predicted octanol–water partition coefficient (Wildman–Crippen LogP) is 8.89. The Labute approximate surface area is 195 Å². The molecule has 168 valence electrons. The summed E-state index contributed by atoms with van der Waals surface area (Å²) in [6.45, 7) is 5.44. The molecule has 32 heavy (non-hydrogen) atoms. The quantitative estimate of drug-likeness (QED) is 0.174. The maximum Gasteiger partial charge on any atom is 0.0506 e. The first kappa shape index (κ1) is 24.0. The molecular formula is C31H38O. The van der Waals surface area contributed by atoms with Gasteiger partial charge in [0.2, 0.25) is 0 Å². The Hall–Kier alpha value is -2.64. The van der Waals surface area contributed by atoms with Gasteiger partial charge in [-0.1, -0.05) is 111 Å². The van der Waals surface area contributed by atoms with Gasteiger partial charge in [-0.05, 0) is 59.6 Å². The molecule has 0 aliphatic heterocycles. The summed E-state index contributed by atoms with van der Waals surface area (Å²) in [6, 6.07) is 28.2. The van der Waals surface area contributed by atoms with Gasteiger partial charge < -0.3 is 4.74 Å². The van der Waals surface area contributed by atoms with E-state index in [-0.39, 0.29) is 0 Å². The van der Waals surface area contributed by atoms with Crippen LogP contribution in [0.3, 0.4) is 0 Å². The first-order valence-electron chi connectivity index (χ1n) is 12.3. The van der Waals surface area contributed by atoms with Gasteiger partial charge in [0.1, 0.15) is 0 Å². The summed E-state index contributed by atoms with van der Waals surface area (Å²) in [6.07, 6.45) is 13.3. The molecule has 0 aromatic heterocycles. The van der Waals surface area contributed by atoms with Crippen LogP contribution in [-0.4, -0.2) is 13.2 Å². The fourth-order valence-corrected chi connectivity index (χ4v) is 4.15. The zero-order valence-electron chi connectivity index (χ0n) is 19.5. The van der Waals surface area contributed by atoms with Crippen molar-refractivity contribution >= 4 is 0 Å². The van der Waals surface area contributed by atoms with Crippen molar-refractivity contribution in [2.75, 3.05) is 13.2 Å². The molecule has 3 aromatic carbocycles. The van der Waals surface area contributed by atoms with E-state index in [1.165, 1.54) is 72.8 Å². The van der Waals surface area contributed by atoms with E-state index in [0.717, 1.165) is 26.1 Å². The standard InChI is InChI=1S/C31H38O/c1-2-3-4-5-6-7-8-9-16-24-32-25-23-29-21-22-30(27-17-12-10-13-18-27)26-31(29)28-19-14-11-15-20-28/h2,10-15,17-22,26H,1,3-9,16,23-25H2. The lowest BCUT2D eigenvalue weighted by molar-refractivity contribution is 0.133. The third kappa shape index (κ3) is 8.13. The summed E-state index contributed by atoms with van der Waals surface area (Å²) < 4.78 is 5.99. The van der Waals surface area contributed by atoms with Crippen molar-refractivity contribution in [1.29, 1.82) is 0 Å². The van der Waals surface area contributed by atoms with Gasteiger partial charge >= 0.3 is 0 Å². The van der Waals surface area contributed by atoms with Gasteiger partial charge in [0.15, 0.2) is 0 Å². The second kappa shape index (κ2) is 14.4. The summed E-state index contributed by atoms with van der Waals surface area (Å²) in [7, 11) is 0. The minimum Gasteiger partial charge on any atom is -0.381 e. The van der Waals surface area contributed by atoms with Crippen LogP contribution in [-0.2, 0) is 11.2 Å². The summed E-state index contributed by atoms with van der Waals surface area (Å²) in [5.74, 6) is 0. The Morgan fingerprint density at radius 1 is 0.594 bits per heavy atom. The lowest BCUT2D eigenvalue weighted by atomic mass is 9.93. The molecule has 3 rings (SSSR count). The predicted molar refractivity (Wildman–Crippen MR) is 139 cm³/mol. The van der Waals surface area contributed by atoms with Crippen LogP contribution in [0.25, 0.3) is 22.3 Å². The molecule has 0 aliphatic carbocycles. The average Bonchev–Trinajstić information content (AvgIpc) is 2.86. The van der Waals surface area contributed by atoms with Crippen LogP contribution < -0.4 is 0 Å². The second-order valence-corrected chi connectivity index (χ2v) is 8.52. The Kier molecular flexibility index (Phi) is 10.8. The van der Waals surface area contributed by atoms with E-state index < -0.39 is 0 Å². The fourth-order valence-electron chi connectivity index (χ4n) is 4.15. The molecule has 0 saturated heterocycles. The topological polar surface area (TPSA) is 9.23 Å². The average molecular weight is 427 g/mol. The van der Waals surface area contributed by atoms with Crippen LogP contribution in [0.2, 0.25) is 0 Å². The Balaban J connectivity index is 1.46. The van der Waals surface area contributed by atoms with Crippen molar-refractivity contribution in [3.63, 3.8) is 0 Å². The van der Waals surface area contributed by atoms with Crippen LogP contribution in [0, 0.1) is 0 Å². The molecule has 0 atom stereocenters. The minimum absolute atomic E-state index is 0.784. The van der Waals surface area contributed by atoms with Crippen LogP contribution in [0.5, 0.6) is 0 Å². The highest BCUT2D eigenvalue weighted by Gasteiger charge is 2.08. The SMILES string of the molecule is C=CCCCCCCCCCOCCc1ccc(-c2ccccc2)cc1-c1ccccc1. The van der Waals surface area contributed by atoms with Crippen LogP contribution >= 0.6 is 0 Å². The third-order valence-corrected chi connectivity index (χ3v) is 6.01. The molecule has 0 heterocycles. The Morgan fingerprint density at radius 2 is 1.22 bits per heavy atom. The smallest absolute Gasteiger partial charge is 0.0506 e. The van der Waals surface area contributed by atoms with Crippen LogP contribution in [0.15, 0.2) is 91.5 Å². The molecule has 1 nitrogen and oxygen atoms in total. The van der Waals surface area contributed by atoms with Gasteiger partial charge in [0, 0.05) is 6.61 Å². The molecule has 0 fully saturated rings. The minimum atomic E-state index is 0.784. The summed E-state index contributed by atoms with van der Waals surface area (Å²) >= 11 is 0. The van der Waals surface area contributed by atoms with Crippen molar-refractivity contribution in [1.82, 2.24) is 0 Å². The number of rotatable bonds is 15. The molecule has 0 N–H and O–H groups in total. The largest absolute Gasteiger partial charge is 0.381 e. The second-order valence-electron chi connectivity index (χ2n) is 8.52. The number of benzene rings is 3. The lowest BCUT2D eigenvalue weighted by Gasteiger charge is -2.13. The first-order valence-corrected chi connectivity index (χ1v) is 12.3.